The van der Waals surface area contributed by atoms with E-state index in [0.29, 0.717) is 5.56 Å². The normalized spacial score (nSPS) is 12.4. The van der Waals surface area contributed by atoms with Gasteiger partial charge in [0.2, 0.25) is 22.7 Å². The SMILES string of the molecule is CN(c1ccc(C(CCc2ccc(C(F)(F)F)nc2OCc2ccccc2)C(N)=O)cc1F)[SH](=O)=O. The Bertz CT molecular complexity index is 1290. The van der Waals surface area contributed by atoms with E-state index in [9.17, 15) is 30.8 Å². The van der Waals surface area contributed by atoms with Gasteiger partial charge < -0.3 is 10.5 Å². The Labute approximate surface area is 206 Å². The maximum Gasteiger partial charge on any atom is 0.433 e. The average molecular weight is 526 g/mol. The molecular formula is C24H23F4N3O4S. The number of amides is 1. The second-order valence-corrected chi connectivity index (χ2v) is 8.97. The number of ether oxygens (including phenoxy) is 1. The third-order valence-corrected chi connectivity index (χ3v) is 6.17. The molecule has 12 heteroatoms. The maximum absolute atomic E-state index is 14.5. The van der Waals surface area contributed by atoms with Crippen molar-refractivity contribution < 1.29 is 35.5 Å². The molecule has 0 saturated heterocycles. The molecule has 1 unspecified atom stereocenters. The van der Waals surface area contributed by atoms with Gasteiger partial charge in [0, 0.05) is 12.6 Å². The van der Waals surface area contributed by atoms with Crippen LogP contribution in [0.3, 0.4) is 0 Å². The molecule has 3 aromatic rings. The zero-order chi connectivity index (χ0) is 26.5. The number of carbonyl (C=O) groups excluding carboxylic acids is 1. The summed E-state index contributed by atoms with van der Waals surface area (Å²) in [6.45, 7) is -0.0242. The highest BCUT2D eigenvalue weighted by atomic mass is 32.2. The van der Waals surface area contributed by atoms with E-state index in [2.05, 4.69) is 4.98 Å². The standard InChI is InChI=1S/C24H23F4N3O4S/c1-31(36(33)34)20-11-8-17(13-19(20)25)18(22(29)32)10-7-16-9-12-21(24(26,27)28)30-23(16)35-14-15-5-3-2-4-6-15/h2-6,8-9,11-13,18,36H,7,10,14H2,1H3,(H2,29,32). The number of hydrogen-bond donors (Lipinski definition) is 2. The molecule has 0 radical (unpaired) electrons. The molecular weight excluding hydrogens is 502 g/mol. The van der Waals surface area contributed by atoms with Crippen LogP contribution in [0.2, 0.25) is 0 Å². The van der Waals surface area contributed by atoms with Crippen molar-refractivity contribution in [2.24, 2.45) is 5.73 Å². The summed E-state index contributed by atoms with van der Waals surface area (Å²) >= 11 is 0. The van der Waals surface area contributed by atoms with Crippen molar-refractivity contribution in [2.45, 2.75) is 31.5 Å². The predicted octanol–water partition coefficient (Wildman–Crippen LogP) is 3.98. The van der Waals surface area contributed by atoms with Crippen LogP contribution < -0.4 is 14.8 Å². The molecule has 7 nitrogen and oxygen atoms in total. The van der Waals surface area contributed by atoms with E-state index in [1.165, 1.54) is 25.2 Å². The number of nitrogens with two attached hydrogens (primary N) is 1. The highest BCUT2D eigenvalue weighted by molar-refractivity contribution is 7.74. The monoisotopic (exact) mass is 525 g/mol. The molecule has 0 aliphatic carbocycles. The van der Waals surface area contributed by atoms with Crippen LogP contribution in [0.4, 0.5) is 23.2 Å². The van der Waals surface area contributed by atoms with Gasteiger partial charge in [0.25, 0.3) is 0 Å². The number of benzene rings is 2. The third kappa shape index (κ3) is 6.72. The van der Waals surface area contributed by atoms with Gasteiger partial charge in [0.05, 0.1) is 11.6 Å². The molecule has 36 heavy (non-hydrogen) atoms. The van der Waals surface area contributed by atoms with E-state index >= 15 is 0 Å². The largest absolute Gasteiger partial charge is 0.473 e. The van der Waals surface area contributed by atoms with Crippen LogP contribution in [0, 0.1) is 5.82 Å². The fourth-order valence-corrected chi connectivity index (χ4v) is 3.87. The number of aryl methyl sites for hydroxylation is 1. The van der Waals surface area contributed by atoms with E-state index in [1.54, 1.807) is 30.3 Å². The minimum absolute atomic E-state index is 0.0223. The Morgan fingerprint density at radius 1 is 1.11 bits per heavy atom. The van der Waals surface area contributed by atoms with Crippen molar-refractivity contribution in [1.82, 2.24) is 4.98 Å². The third-order valence-electron chi connectivity index (χ3n) is 5.46. The van der Waals surface area contributed by atoms with Crippen LogP contribution in [0.25, 0.3) is 0 Å². The number of aromatic nitrogens is 1. The number of nitrogens with zero attached hydrogens (tertiary/aromatic N) is 2. The molecule has 0 bridgehead atoms. The number of primary amides is 1. The zero-order valence-electron chi connectivity index (χ0n) is 19.0. The Balaban J connectivity index is 1.85. The van der Waals surface area contributed by atoms with Gasteiger partial charge in [0.15, 0.2) is 0 Å². The number of halogens is 4. The van der Waals surface area contributed by atoms with Crippen LogP contribution >= 0.6 is 0 Å². The topological polar surface area (TPSA) is 103 Å². The zero-order valence-corrected chi connectivity index (χ0v) is 19.9. The molecule has 1 aromatic heterocycles. The van der Waals surface area contributed by atoms with Gasteiger partial charge >= 0.3 is 6.18 Å². The molecule has 1 heterocycles. The number of anilines is 1. The Hall–Kier alpha value is -3.67. The summed E-state index contributed by atoms with van der Waals surface area (Å²) in [5.41, 5.74) is 5.42. The van der Waals surface area contributed by atoms with Crippen molar-refractivity contribution in [1.29, 1.82) is 0 Å². The molecule has 1 atom stereocenters. The number of alkyl halides is 3. The second kappa shape index (κ2) is 11.4. The highest BCUT2D eigenvalue weighted by Gasteiger charge is 2.33. The van der Waals surface area contributed by atoms with Crippen molar-refractivity contribution in [2.75, 3.05) is 11.4 Å². The first-order valence-corrected chi connectivity index (χ1v) is 11.8. The lowest BCUT2D eigenvalue weighted by molar-refractivity contribution is -0.141. The molecule has 1 amide bonds. The summed E-state index contributed by atoms with van der Waals surface area (Å²) < 4.78 is 82.8. The van der Waals surface area contributed by atoms with Crippen LogP contribution in [-0.2, 0) is 34.9 Å². The lowest BCUT2D eigenvalue weighted by Gasteiger charge is -2.18. The summed E-state index contributed by atoms with van der Waals surface area (Å²) in [6, 6.07) is 14.4. The summed E-state index contributed by atoms with van der Waals surface area (Å²) in [6.07, 6.45) is -4.60. The number of rotatable bonds is 10. The van der Waals surface area contributed by atoms with Crippen molar-refractivity contribution in [3.05, 3.63) is 88.9 Å². The smallest absolute Gasteiger partial charge is 0.433 e. The highest BCUT2D eigenvalue weighted by Crippen LogP contribution is 2.32. The van der Waals surface area contributed by atoms with Gasteiger partial charge in [-0.15, -0.1) is 0 Å². The van der Waals surface area contributed by atoms with Gasteiger partial charge in [-0.1, -0.05) is 42.5 Å². The van der Waals surface area contributed by atoms with Crippen LogP contribution in [0.5, 0.6) is 5.88 Å². The van der Waals surface area contributed by atoms with Gasteiger partial charge in [-0.25, -0.2) is 17.8 Å². The lowest BCUT2D eigenvalue weighted by atomic mass is 9.91. The van der Waals surface area contributed by atoms with E-state index in [4.69, 9.17) is 10.5 Å². The number of pyridine rings is 1. The second-order valence-electron chi connectivity index (χ2n) is 7.90. The lowest BCUT2D eigenvalue weighted by Crippen LogP contribution is -2.23. The minimum Gasteiger partial charge on any atom is -0.473 e. The minimum atomic E-state index is -4.68. The molecule has 0 aliphatic heterocycles. The quantitative estimate of drug-likeness (QED) is 0.308. The molecule has 192 valence electrons. The number of carbonyl (C=O) groups is 1. The molecule has 0 saturated carbocycles. The van der Waals surface area contributed by atoms with E-state index in [0.717, 1.165) is 22.0 Å². The van der Waals surface area contributed by atoms with Crippen LogP contribution in [-0.4, -0.2) is 26.4 Å². The molecule has 2 N–H and O–H groups in total. The first-order chi connectivity index (χ1) is 17.0. The number of hydrogen-bond acceptors (Lipinski definition) is 5. The van der Waals surface area contributed by atoms with Crippen LogP contribution in [0.1, 0.15) is 34.7 Å². The van der Waals surface area contributed by atoms with E-state index in [1.807, 2.05) is 0 Å². The molecule has 2 aromatic carbocycles. The number of thiol groups is 1. The van der Waals surface area contributed by atoms with Gasteiger partial charge in [-0.05, 0) is 42.2 Å². The summed E-state index contributed by atoms with van der Waals surface area (Å²) in [4.78, 5) is 15.8. The van der Waals surface area contributed by atoms with Crippen LogP contribution in [0.15, 0.2) is 60.7 Å². The molecule has 3 rings (SSSR count). The first kappa shape index (κ1) is 26.9. The van der Waals surface area contributed by atoms with E-state index < -0.39 is 40.4 Å². The first-order valence-electron chi connectivity index (χ1n) is 10.7. The van der Waals surface area contributed by atoms with Crippen molar-refractivity contribution in [3.8, 4) is 5.88 Å². The Morgan fingerprint density at radius 3 is 2.39 bits per heavy atom. The van der Waals surface area contributed by atoms with Gasteiger partial charge in [0.1, 0.15) is 18.1 Å². The predicted molar refractivity (Wildman–Crippen MR) is 125 cm³/mol. The summed E-state index contributed by atoms with van der Waals surface area (Å²) in [7, 11) is -1.89. The molecule has 0 aliphatic rings. The van der Waals surface area contributed by atoms with Gasteiger partial charge in [-0.2, -0.15) is 13.2 Å². The summed E-state index contributed by atoms with van der Waals surface area (Å²) in [5.74, 6) is -2.89. The van der Waals surface area contributed by atoms with Crippen molar-refractivity contribution >= 4 is 22.5 Å². The Morgan fingerprint density at radius 2 is 1.81 bits per heavy atom. The maximum atomic E-state index is 14.5. The van der Waals surface area contributed by atoms with Crippen molar-refractivity contribution in [3.63, 3.8) is 0 Å². The van der Waals surface area contributed by atoms with Gasteiger partial charge in [-0.3, -0.25) is 9.10 Å². The molecule has 0 fully saturated rings. The van der Waals surface area contributed by atoms with E-state index in [-0.39, 0.29) is 36.6 Å². The average Bonchev–Trinajstić information content (AvgIpc) is 2.82. The summed E-state index contributed by atoms with van der Waals surface area (Å²) in [5, 5.41) is 0. The molecule has 0 spiro atoms. The fraction of sp³-hybridized carbons (Fsp3) is 0.250. The fourth-order valence-electron chi connectivity index (χ4n) is 3.53. The Kier molecular flexibility index (Phi) is 8.51.